The third kappa shape index (κ3) is 6.33. The number of rotatable bonds is 7. The number of aliphatic hydroxyl groups excluding tert-OH is 3. The van der Waals surface area contributed by atoms with Crippen molar-refractivity contribution in [2.75, 3.05) is 6.61 Å². The summed E-state index contributed by atoms with van der Waals surface area (Å²) in [6.45, 7) is -0.709. The predicted molar refractivity (Wildman–Crippen MR) is 134 cm³/mol. The summed E-state index contributed by atoms with van der Waals surface area (Å²) in [5.74, 6) is -3.70. The molecule has 0 saturated carbocycles. The second kappa shape index (κ2) is 11.5. The van der Waals surface area contributed by atoms with Gasteiger partial charge < -0.3 is 55.1 Å². The minimum absolute atomic E-state index is 0.0200. The number of hydrogen-bond acceptors (Lipinski definition) is 12. The van der Waals surface area contributed by atoms with Crippen LogP contribution in [0, 0.1) is 0 Å². The molecule has 0 amide bonds. The standard InChI is InChI=1S/C27H26O12/c28-12-21-23(34)24(35)25(39-26(36)15-9-19(31)22(33)20(32)10-15)27(38-21)37-18-8-14(7-17(30)11-18)2-1-13-3-5-16(29)6-4-13/h1-11,21,23-25,27-35H,12H2/b2-1+/t21-,23+,24-,25-,27-/m0/s1. The first kappa shape index (κ1) is 27.5. The van der Waals surface area contributed by atoms with E-state index in [4.69, 9.17) is 14.2 Å². The number of aromatic hydroxyl groups is 5. The molecule has 0 bridgehead atoms. The summed E-state index contributed by atoms with van der Waals surface area (Å²) in [5, 5.41) is 79.1. The molecule has 0 spiro atoms. The summed E-state index contributed by atoms with van der Waals surface area (Å²) < 4.78 is 16.6. The van der Waals surface area contributed by atoms with Crippen LogP contribution in [0.3, 0.4) is 0 Å². The molecule has 3 aromatic rings. The summed E-state index contributed by atoms with van der Waals surface area (Å²) >= 11 is 0. The molecule has 12 heteroatoms. The van der Waals surface area contributed by atoms with Crippen molar-refractivity contribution in [3.05, 3.63) is 71.3 Å². The largest absolute Gasteiger partial charge is 0.508 e. The zero-order chi connectivity index (χ0) is 28.3. The SMILES string of the molecule is O=C(O[C@@H]1[C@@H](Oc2cc(O)cc(/C=C/c3ccc(O)cc3)c2)O[C@@H](CO)[C@@H](O)[C@@H]1O)c1cc(O)c(O)c(O)c1. The van der Waals surface area contributed by atoms with Crippen LogP contribution in [0.2, 0.25) is 0 Å². The normalized spacial score (nSPS) is 23.0. The van der Waals surface area contributed by atoms with Crippen LogP contribution in [0.25, 0.3) is 12.2 Å². The van der Waals surface area contributed by atoms with E-state index in [0.717, 1.165) is 17.7 Å². The Labute approximate surface area is 221 Å². The molecule has 1 aliphatic rings. The van der Waals surface area contributed by atoms with Crippen LogP contribution in [0.15, 0.2) is 54.6 Å². The average Bonchev–Trinajstić information content (AvgIpc) is 2.90. The van der Waals surface area contributed by atoms with E-state index < -0.39 is 66.1 Å². The Kier molecular flexibility index (Phi) is 8.12. The van der Waals surface area contributed by atoms with Gasteiger partial charge in [0.2, 0.25) is 6.29 Å². The van der Waals surface area contributed by atoms with E-state index in [-0.39, 0.29) is 17.2 Å². The molecule has 0 aliphatic carbocycles. The Hall–Kier alpha value is -4.49. The number of ether oxygens (including phenoxy) is 3. The third-order valence-corrected chi connectivity index (χ3v) is 5.90. The maximum Gasteiger partial charge on any atom is 0.339 e. The lowest BCUT2D eigenvalue weighted by Gasteiger charge is -2.41. The van der Waals surface area contributed by atoms with Crippen LogP contribution in [0.4, 0.5) is 0 Å². The van der Waals surface area contributed by atoms with Crippen molar-refractivity contribution >= 4 is 18.1 Å². The van der Waals surface area contributed by atoms with Gasteiger partial charge in [-0.05, 0) is 47.5 Å². The molecule has 39 heavy (non-hydrogen) atoms. The second-order valence-corrected chi connectivity index (χ2v) is 8.74. The van der Waals surface area contributed by atoms with Gasteiger partial charge in [0.25, 0.3) is 0 Å². The molecule has 1 fully saturated rings. The Balaban J connectivity index is 1.59. The molecule has 4 rings (SSSR count). The molecule has 5 atom stereocenters. The number of aliphatic hydroxyl groups is 3. The Morgan fingerprint density at radius 2 is 1.46 bits per heavy atom. The second-order valence-electron chi connectivity index (χ2n) is 8.74. The lowest BCUT2D eigenvalue weighted by molar-refractivity contribution is -0.276. The van der Waals surface area contributed by atoms with Gasteiger partial charge in [0, 0.05) is 6.07 Å². The Bertz CT molecular complexity index is 1330. The van der Waals surface area contributed by atoms with E-state index in [0.29, 0.717) is 5.56 Å². The molecule has 0 radical (unpaired) electrons. The van der Waals surface area contributed by atoms with Crippen molar-refractivity contribution in [3.8, 4) is 34.5 Å². The fourth-order valence-corrected chi connectivity index (χ4v) is 3.87. The van der Waals surface area contributed by atoms with Crippen LogP contribution < -0.4 is 4.74 Å². The van der Waals surface area contributed by atoms with Gasteiger partial charge in [0.1, 0.15) is 35.6 Å². The quantitative estimate of drug-likeness (QED) is 0.121. The number of carbonyl (C=O) groups is 1. The smallest absolute Gasteiger partial charge is 0.339 e. The van der Waals surface area contributed by atoms with Gasteiger partial charge in [-0.15, -0.1) is 0 Å². The Morgan fingerprint density at radius 3 is 2.10 bits per heavy atom. The first-order valence-electron chi connectivity index (χ1n) is 11.6. The molecule has 0 unspecified atom stereocenters. The first-order valence-corrected chi connectivity index (χ1v) is 11.6. The van der Waals surface area contributed by atoms with Gasteiger partial charge in [0.15, 0.2) is 23.4 Å². The molecule has 12 nitrogen and oxygen atoms in total. The highest BCUT2D eigenvalue weighted by atomic mass is 16.7. The van der Waals surface area contributed by atoms with Crippen molar-refractivity contribution in [1.29, 1.82) is 0 Å². The number of hydrogen-bond donors (Lipinski definition) is 8. The van der Waals surface area contributed by atoms with Crippen LogP contribution in [0.1, 0.15) is 21.5 Å². The molecule has 1 heterocycles. The number of carbonyl (C=O) groups excluding carboxylic acids is 1. The highest BCUT2D eigenvalue weighted by Gasteiger charge is 2.48. The molecule has 8 N–H and O–H groups in total. The van der Waals surface area contributed by atoms with Gasteiger partial charge in [-0.25, -0.2) is 4.79 Å². The summed E-state index contributed by atoms with van der Waals surface area (Å²) in [6, 6.07) is 12.2. The minimum Gasteiger partial charge on any atom is -0.508 e. The summed E-state index contributed by atoms with van der Waals surface area (Å²) in [6.07, 6.45) is -4.68. The van der Waals surface area contributed by atoms with Gasteiger partial charge in [-0.2, -0.15) is 0 Å². The predicted octanol–water partition coefficient (Wildman–Crippen LogP) is 1.43. The van der Waals surface area contributed by atoms with Crippen molar-refractivity contribution in [2.45, 2.75) is 30.7 Å². The maximum atomic E-state index is 12.7. The van der Waals surface area contributed by atoms with E-state index >= 15 is 0 Å². The lowest BCUT2D eigenvalue weighted by atomic mass is 9.99. The average molecular weight is 542 g/mol. The van der Waals surface area contributed by atoms with Gasteiger partial charge >= 0.3 is 5.97 Å². The summed E-state index contributed by atoms with van der Waals surface area (Å²) in [7, 11) is 0. The van der Waals surface area contributed by atoms with E-state index in [2.05, 4.69) is 0 Å². The van der Waals surface area contributed by atoms with E-state index in [1.54, 1.807) is 24.3 Å². The summed E-state index contributed by atoms with van der Waals surface area (Å²) in [5.41, 5.74) is 0.846. The van der Waals surface area contributed by atoms with Crippen molar-refractivity contribution < 1.29 is 59.9 Å². The third-order valence-electron chi connectivity index (χ3n) is 5.90. The number of phenols is 5. The van der Waals surface area contributed by atoms with Crippen molar-refractivity contribution in [1.82, 2.24) is 0 Å². The molecule has 0 aromatic heterocycles. The number of esters is 1. The highest BCUT2D eigenvalue weighted by Crippen LogP contribution is 2.36. The topological polar surface area (TPSA) is 207 Å². The molecule has 3 aromatic carbocycles. The van der Waals surface area contributed by atoms with Gasteiger partial charge in [0.05, 0.1) is 12.2 Å². The first-order chi connectivity index (χ1) is 18.5. The van der Waals surface area contributed by atoms with Crippen molar-refractivity contribution in [2.24, 2.45) is 0 Å². The van der Waals surface area contributed by atoms with E-state index in [9.17, 15) is 45.6 Å². The molecule has 1 saturated heterocycles. The molecule has 1 aliphatic heterocycles. The monoisotopic (exact) mass is 542 g/mol. The van der Waals surface area contributed by atoms with Crippen LogP contribution in [-0.4, -0.2) is 84.1 Å². The maximum absolute atomic E-state index is 12.7. The van der Waals surface area contributed by atoms with Gasteiger partial charge in [-0.3, -0.25) is 0 Å². The van der Waals surface area contributed by atoms with E-state index in [1.807, 2.05) is 0 Å². The van der Waals surface area contributed by atoms with Crippen LogP contribution in [-0.2, 0) is 9.47 Å². The number of benzene rings is 3. The lowest BCUT2D eigenvalue weighted by Crippen LogP contribution is -2.61. The fraction of sp³-hybridized carbons (Fsp3) is 0.222. The van der Waals surface area contributed by atoms with Crippen LogP contribution in [0.5, 0.6) is 34.5 Å². The van der Waals surface area contributed by atoms with E-state index in [1.165, 1.54) is 30.3 Å². The fourth-order valence-electron chi connectivity index (χ4n) is 3.87. The molecule has 206 valence electrons. The van der Waals surface area contributed by atoms with Crippen LogP contribution >= 0.6 is 0 Å². The molecular weight excluding hydrogens is 516 g/mol. The number of phenolic OH excluding ortho intramolecular Hbond substituents is 5. The zero-order valence-electron chi connectivity index (χ0n) is 20.2. The van der Waals surface area contributed by atoms with Crippen molar-refractivity contribution in [3.63, 3.8) is 0 Å². The Morgan fingerprint density at radius 1 is 0.821 bits per heavy atom. The highest BCUT2D eigenvalue weighted by molar-refractivity contribution is 5.91. The zero-order valence-corrected chi connectivity index (χ0v) is 20.2. The molecular formula is C27H26O12. The minimum atomic E-state index is -1.80. The summed E-state index contributed by atoms with van der Waals surface area (Å²) in [4.78, 5) is 12.7. The van der Waals surface area contributed by atoms with Gasteiger partial charge in [-0.1, -0.05) is 24.3 Å².